The number of nitrogens with zero attached hydrogens (tertiary/aromatic N) is 2. The molecule has 1 heterocycles. The van der Waals surface area contributed by atoms with E-state index < -0.39 is 12.2 Å². The van der Waals surface area contributed by atoms with Gasteiger partial charge in [-0.3, -0.25) is 4.57 Å². The molecule has 0 spiro atoms. The summed E-state index contributed by atoms with van der Waals surface area (Å²) in [5, 5.41) is 0. The highest BCUT2D eigenvalue weighted by atomic mass is 19.3. The van der Waals surface area contributed by atoms with E-state index in [1.165, 1.54) is 10.6 Å². The molecular formula is C10H11F2N3O. The Morgan fingerprint density at radius 2 is 2.06 bits per heavy atom. The number of halogens is 2. The maximum absolute atomic E-state index is 12.7. The summed E-state index contributed by atoms with van der Waals surface area (Å²) in [6.45, 7) is -0.781. The summed E-state index contributed by atoms with van der Waals surface area (Å²) in [7, 11) is 0. The number of anilines is 1. The quantitative estimate of drug-likeness (QED) is 0.795. The van der Waals surface area contributed by atoms with Gasteiger partial charge in [0.2, 0.25) is 0 Å². The van der Waals surface area contributed by atoms with Crippen LogP contribution in [0.25, 0.3) is 11.0 Å². The third-order valence-corrected chi connectivity index (χ3v) is 2.50. The Morgan fingerprint density at radius 3 is 2.62 bits per heavy atom. The van der Waals surface area contributed by atoms with Crippen molar-refractivity contribution in [1.82, 2.24) is 9.13 Å². The van der Waals surface area contributed by atoms with Crippen LogP contribution in [0.5, 0.6) is 0 Å². The van der Waals surface area contributed by atoms with Crippen molar-refractivity contribution in [2.75, 3.05) is 5.73 Å². The molecule has 2 N–H and O–H groups in total. The summed E-state index contributed by atoms with van der Waals surface area (Å²) in [6.07, 6.45) is 0. The highest BCUT2D eigenvalue weighted by molar-refractivity contribution is 5.79. The molecule has 0 aliphatic carbocycles. The van der Waals surface area contributed by atoms with Crippen LogP contribution in [-0.2, 0) is 6.54 Å². The van der Waals surface area contributed by atoms with Crippen LogP contribution < -0.4 is 11.4 Å². The van der Waals surface area contributed by atoms with Crippen molar-refractivity contribution in [1.29, 1.82) is 0 Å². The second-order valence-corrected chi connectivity index (χ2v) is 3.42. The number of benzene rings is 1. The first-order valence-electron chi connectivity index (χ1n) is 4.84. The number of rotatable bonds is 2. The highest BCUT2D eigenvalue weighted by Crippen LogP contribution is 2.21. The van der Waals surface area contributed by atoms with Gasteiger partial charge in [-0.1, -0.05) is 0 Å². The van der Waals surface area contributed by atoms with Gasteiger partial charge >= 0.3 is 12.2 Å². The molecule has 1 aromatic heterocycles. The molecule has 1 aromatic carbocycles. The van der Waals surface area contributed by atoms with Gasteiger partial charge in [-0.15, -0.1) is 0 Å². The van der Waals surface area contributed by atoms with Crippen LogP contribution in [0.15, 0.2) is 23.0 Å². The van der Waals surface area contributed by atoms with E-state index in [4.69, 9.17) is 5.73 Å². The number of hydrogen-bond donors (Lipinski definition) is 1. The SMILES string of the molecule is CCn1c(=O)n(C(F)F)c2cc(N)ccc21. The number of nitrogen functional groups attached to an aromatic ring is 1. The zero-order valence-corrected chi connectivity index (χ0v) is 8.65. The van der Waals surface area contributed by atoms with Crippen molar-refractivity contribution in [3.05, 3.63) is 28.7 Å². The van der Waals surface area contributed by atoms with Crippen molar-refractivity contribution < 1.29 is 8.78 Å². The maximum Gasteiger partial charge on any atom is 0.333 e. The number of aromatic nitrogens is 2. The van der Waals surface area contributed by atoms with Crippen LogP contribution in [0.3, 0.4) is 0 Å². The van der Waals surface area contributed by atoms with Gasteiger partial charge in [-0.25, -0.2) is 9.36 Å². The monoisotopic (exact) mass is 227 g/mol. The van der Waals surface area contributed by atoms with Gasteiger partial charge < -0.3 is 5.73 Å². The molecule has 16 heavy (non-hydrogen) atoms. The number of nitrogens with two attached hydrogens (primary N) is 1. The van der Waals surface area contributed by atoms with Gasteiger partial charge in [-0.05, 0) is 25.1 Å². The average molecular weight is 227 g/mol. The van der Waals surface area contributed by atoms with E-state index in [0.29, 0.717) is 22.3 Å². The first kappa shape index (κ1) is 10.7. The lowest BCUT2D eigenvalue weighted by atomic mass is 10.3. The molecule has 0 aliphatic heterocycles. The summed E-state index contributed by atoms with van der Waals surface area (Å²) in [5.41, 5.74) is 5.81. The molecule has 0 radical (unpaired) electrons. The zero-order chi connectivity index (χ0) is 11.9. The fourth-order valence-electron chi connectivity index (χ4n) is 1.79. The largest absolute Gasteiger partial charge is 0.399 e. The van der Waals surface area contributed by atoms with E-state index >= 15 is 0 Å². The summed E-state index contributed by atoms with van der Waals surface area (Å²) in [4.78, 5) is 11.7. The molecule has 0 saturated carbocycles. The molecule has 0 fully saturated rings. The number of hydrogen-bond acceptors (Lipinski definition) is 2. The van der Waals surface area contributed by atoms with Crippen LogP contribution in [0.2, 0.25) is 0 Å². The van der Waals surface area contributed by atoms with E-state index in [1.54, 1.807) is 19.1 Å². The van der Waals surface area contributed by atoms with Crippen molar-refractivity contribution >= 4 is 16.7 Å². The molecule has 0 saturated heterocycles. The number of imidazole rings is 1. The second kappa shape index (κ2) is 3.62. The van der Waals surface area contributed by atoms with Crippen LogP contribution in [-0.4, -0.2) is 9.13 Å². The summed E-state index contributed by atoms with van der Waals surface area (Å²) in [6, 6.07) is 4.55. The minimum atomic E-state index is -2.86. The smallest absolute Gasteiger partial charge is 0.333 e. The molecule has 0 atom stereocenters. The molecule has 0 aliphatic rings. The number of fused-ring (bicyclic) bond motifs is 1. The van der Waals surface area contributed by atoms with Crippen LogP contribution in [0, 0.1) is 0 Å². The van der Waals surface area contributed by atoms with Gasteiger partial charge in [0.25, 0.3) is 0 Å². The third kappa shape index (κ3) is 1.37. The van der Waals surface area contributed by atoms with E-state index in [1.807, 2.05) is 0 Å². The standard InChI is InChI=1S/C10H11F2N3O/c1-2-14-7-4-3-6(13)5-8(7)15(9(11)12)10(14)16/h3-5,9H,2,13H2,1H3. The zero-order valence-electron chi connectivity index (χ0n) is 8.65. The fourth-order valence-corrected chi connectivity index (χ4v) is 1.79. The predicted octanol–water partition coefficient (Wildman–Crippen LogP) is 1.80. The highest BCUT2D eigenvalue weighted by Gasteiger charge is 2.18. The molecule has 6 heteroatoms. The molecular weight excluding hydrogens is 216 g/mol. The Balaban J connectivity index is 2.92. The van der Waals surface area contributed by atoms with E-state index in [2.05, 4.69) is 0 Å². The van der Waals surface area contributed by atoms with Crippen LogP contribution >= 0.6 is 0 Å². The summed E-state index contributed by atoms with van der Waals surface area (Å²) >= 11 is 0. The molecule has 0 amide bonds. The molecule has 0 bridgehead atoms. The van der Waals surface area contributed by atoms with Gasteiger partial charge in [0.15, 0.2) is 0 Å². The Morgan fingerprint density at radius 1 is 1.38 bits per heavy atom. The summed E-state index contributed by atoms with van der Waals surface area (Å²) < 4.78 is 27.2. The van der Waals surface area contributed by atoms with Gasteiger partial charge in [0, 0.05) is 12.2 Å². The van der Waals surface area contributed by atoms with Crippen molar-refractivity contribution in [3.8, 4) is 0 Å². The van der Waals surface area contributed by atoms with Crippen molar-refractivity contribution in [2.45, 2.75) is 20.0 Å². The minimum absolute atomic E-state index is 0.168. The molecule has 2 aromatic rings. The number of aryl methyl sites for hydroxylation is 1. The number of alkyl halides is 2. The minimum Gasteiger partial charge on any atom is -0.399 e. The Bertz CT molecular complexity index is 585. The van der Waals surface area contributed by atoms with Gasteiger partial charge in [-0.2, -0.15) is 8.78 Å². The fraction of sp³-hybridized carbons (Fsp3) is 0.300. The first-order valence-corrected chi connectivity index (χ1v) is 4.84. The molecule has 2 rings (SSSR count). The predicted molar refractivity (Wildman–Crippen MR) is 57.5 cm³/mol. The maximum atomic E-state index is 12.7. The topological polar surface area (TPSA) is 53.0 Å². The molecule has 0 unspecified atom stereocenters. The normalized spacial score (nSPS) is 11.5. The van der Waals surface area contributed by atoms with E-state index in [9.17, 15) is 13.6 Å². The Kier molecular flexibility index (Phi) is 2.41. The third-order valence-electron chi connectivity index (χ3n) is 2.50. The van der Waals surface area contributed by atoms with E-state index in [-0.39, 0.29) is 5.52 Å². The average Bonchev–Trinajstić information content (AvgIpc) is 2.48. The molecule has 86 valence electrons. The van der Waals surface area contributed by atoms with Crippen LogP contribution in [0.4, 0.5) is 14.5 Å². The lowest BCUT2D eigenvalue weighted by Gasteiger charge is -2.00. The van der Waals surface area contributed by atoms with Gasteiger partial charge in [0.05, 0.1) is 11.0 Å². The van der Waals surface area contributed by atoms with Crippen LogP contribution in [0.1, 0.15) is 13.5 Å². The lowest BCUT2D eigenvalue weighted by molar-refractivity contribution is 0.0703. The van der Waals surface area contributed by atoms with E-state index in [0.717, 1.165) is 0 Å². The lowest BCUT2D eigenvalue weighted by Crippen LogP contribution is -2.24. The second-order valence-electron chi connectivity index (χ2n) is 3.42. The van der Waals surface area contributed by atoms with Gasteiger partial charge in [0.1, 0.15) is 0 Å². The molecule has 4 nitrogen and oxygen atoms in total. The van der Waals surface area contributed by atoms with Crippen molar-refractivity contribution in [2.24, 2.45) is 0 Å². The first-order chi connectivity index (χ1) is 7.56. The Hall–Kier alpha value is -1.85. The Labute approximate surface area is 89.9 Å². The van der Waals surface area contributed by atoms with Crippen molar-refractivity contribution in [3.63, 3.8) is 0 Å². The summed E-state index contributed by atoms with van der Waals surface area (Å²) in [5.74, 6) is 0.